The second-order valence-corrected chi connectivity index (χ2v) is 11.6. The second-order valence-electron chi connectivity index (χ2n) is 9.05. The summed E-state index contributed by atoms with van der Waals surface area (Å²) in [4.78, 5) is 9.29. The van der Waals surface area contributed by atoms with E-state index >= 15 is 0 Å². The van der Waals surface area contributed by atoms with Gasteiger partial charge in [0.05, 0.1) is 10.6 Å². The van der Waals surface area contributed by atoms with E-state index in [1.54, 1.807) is 6.07 Å². The quantitative estimate of drug-likeness (QED) is 0.420. The lowest BCUT2D eigenvalue weighted by Gasteiger charge is -2.38. The Hall–Kier alpha value is -2.62. The van der Waals surface area contributed by atoms with Gasteiger partial charge in [-0.15, -0.1) is 5.10 Å². The zero-order valence-corrected chi connectivity index (χ0v) is 21.6. The van der Waals surface area contributed by atoms with Crippen molar-refractivity contribution in [2.75, 3.05) is 36.0 Å². The number of aromatic nitrogens is 3. The number of benzene rings is 2. The molecule has 8 nitrogen and oxygen atoms in total. The molecule has 0 unspecified atom stereocenters. The van der Waals surface area contributed by atoms with Crippen LogP contribution in [-0.2, 0) is 22.8 Å². The molecule has 0 saturated carbocycles. The van der Waals surface area contributed by atoms with Crippen LogP contribution in [0.25, 0.3) is 0 Å². The highest BCUT2D eigenvalue weighted by Crippen LogP contribution is 2.24. The van der Waals surface area contributed by atoms with Gasteiger partial charge in [0, 0.05) is 37.2 Å². The summed E-state index contributed by atoms with van der Waals surface area (Å²) in [7, 11) is -3.25. The molecule has 1 aliphatic heterocycles. The molecule has 1 fully saturated rings. The van der Waals surface area contributed by atoms with E-state index in [2.05, 4.69) is 37.1 Å². The first-order chi connectivity index (χ1) is 16.8. The van der Waals surface area contributed by atoms with Gasteiger partial charge in [-0.25, -0.2) is 13.5 Å². The molecule has 1 aliphatic rings. The van der Waals surface area contributed by atoms with Gasteiger partial charge in [-0.3, -0.25) is 4.90 Å². The number of sulfone groups is 1. The van der Waals surface area contributed by atoms with Crippen molar-refractivity contribution in [1.82, 2.24) is 20.1 Å². The van der Waals surface area contributed by atoms with Gasteiger partial charge >= 0.3 is 0 Å². The number of piperidine rings is 1. The summed E-state index contributed by atoms with van der Waals surface area (Å²) in [6.07, 6.45) is 3.42. The molecule has 4 rings (SSSR count). The van der Waals surface area contributed by atoms with Crippen LogP contribution < -0.4 is 10.6 Å². The number of aromatic amines is 1. The maximum atomic E-state index is 12.6. The van der Waals surface area contributed by atoms with Crippen molar-refractivity contribution < 1.29 is 8.42 Å². The molecule has 0 aliphatic carbocycles. The summed E-state index contributed by atoms with van der Waals surface area (Å²) in [5, 5.41) is 7.63. The number of nitrogens with zero attached hydrogens (tertiary/aromatic N) is 4. The topological polar surface area (TPSA) is 108 Å². The minimum atomic E-state index is -3.25. The zero-order chi connectivity index (χ0) is 24.8. The Labute approximate surface area is 212 Å². The molecule has 3 aromatic rings. The average molecular weight is 517 g/mol. The summed E-state index contributed by atoms with van der Waals surface area (Å²) in [5.41, 5.74) is 7.94. The fraction of sp³-hybridized carbons (Fsp3) is 0.440. The van der Waals surface area contributed by atoms with Gasteiger partial charge in [0.2, 0.25) is 11.9 Å². The summed E-state index contributed by atoms with van der Waals surface area (Å²) in [6.45, 7) is 5.13. The molecule has 0 atom stereocenters. The van der Waals surface area contributed by atoms with Crippen LogP contribution in [0.15, 0.2) is 53.4 Å². The smallest absolute Gasteiger partial charge is 0.246 e. The number of nitrogen functional groups attached to an aromatic ring is 1. The second kappa shape index (κ2) is 11.4. The molecule has 2 heterocycles. The Balaban J connectivity index is 1.49. The minimum absolute atomic E-state index is 0.168. The van der Waals surface area contributed by atoms with Gasteiger partial charge in [-0.2, -0.15) is 4.98 Å². The Morgan fingerprint density at radius 1 is 1.14 bits per heavy atom. The van der Waals surface area contributed by atoms with Crippen LogP contribution in [0.2, 0.25) is 5.02 Å². The first-order valence-electron chi connectivity index (χ1n) is 12.1. The van der Waals surface area contributed by atoms with Crippen molar-refractivity contribution in [1.29, 1.82) is 0 Å². The molecular formula is C25H33ClN6O2S. The van der Waals surface area contributed by atoms with Crippen molar-refractivity contribution in [3.63, 3.8) is 0 Å². The molecule has 3 N–H and O–H groups in total. The van der Waals surface area contributed by atoms with Crippen LogP contribution in [0.3, 0.4) is 0 Å². The molecule has 2 aromatic carbocycles. The molecule has 1 saturated heterocycles. The van der Waals surface area contributed by atoms with Crippen molar-refractivity contribution in [3.8, 4) is 0 Å². The first kappa shape index (κ1) is 25.5. The highest BCUT2D eigenvalue weighted by atomic mass is 35.5. The number of anilines is 2. The van der Waals surface area contributed by atoms with Crippen molar-refractivity contribution >= 4 is 33.3 Å². The largest absolute Gasteiger partial charge is 0.368 e. The number of hydrogen-bond donors (Lipinski definition) is 2. The van der Waals surface area contributed by atoms with Gasteiger partial charge in [0.1, 0.15) is 0 Å². The lowest BCUT2D eigenvalue weighted by Crippen LogP contribution is -2.45. The molecule has 0 bridgehead atoms. The lowest BCUT2D eigenvalue weighted by atomic mass is 10.0. The standard InChI is InChI=1S/C25H33ClN6O2S/c1-2-16-35(33,34)23-5-3-4-20(17-23)18-32(13-10-19-6-8-21(26)9-7-19)22-11-14-31(15-12-22)25-28-24(27)29-30-25/h3-9,17,22H,2,10-16,18H2,1H3,(H3,27,28,29,30). The van der Waals surface area contributed by atoms with E-state index in [0.29, 0.717) is 35.8 Å². The van der Waals surface area contributed by atoms with Crippen molar-refractivity contribution in [2.24, 2.45) is 0 Å². The maximum absolute atomic E-state index is 12.6. The third-order valence-electron chi connectivity index (χ3n) is 6.47. The van der Waals surface area contributed by atoms with E-state index in [0.717, 1.165) is 49.5 Å². The molecule has 0 radical (unpaired) electrons. The maximum Gasteiger partial charge on any atom is 0.246 e. The number of rotatable bonds is 10. The Bertz CT molecular complexity index is 1210. The summed E-state index contributed by atoms with van der Waals surface area (Å²) in [6, 6.07) is 15.8. The van der Waals surface area contributed by atoms with E-state index in [1.807, 2.05) is 37.3 Å². The summed E-state index contributed by atoms with van der Waals surface area (Å²) in [5.74, 6) is 1.13. The number of nitrogens with two attached hydrogens (primary N) is 1. The van der Waals surface area contributed by atoms with E-state index in [9.17, 15) is 8.42 Å². The Kier molecular flexibility index (Phi) is 8.30. The third kappa shape index (κ3) is 6.74. The Morgan fingerprint density at radius 3 is 2.54 bits per heavy atom. The monoisotopic (exact) mass is 516 g/mol. The zero-order valence-electron chi connectivity index (χ0n) is 20.0. The van der Waals surface area contributed by atoms with Crippen LogP contribution >= 0.6 is 11.6 Å². The molecular weight excluding hydrogens is 484 g/mol. The normalized spacial score (nSPS) is 15.1. The third-order valence-corrected chi connectivity index (χ3v) is 8.64. The van der Waals surface area contributed by atoms with Gasteiger partial charge in [-0.1, -0.05) is 42.8 Å². The first-order valence-corrected chi connectivity index (χ1v) is 14.1. The Morgan fingerprint density at radius 2 is 1.89 bits per heavy atom. The predicted octanol–water partition coefficient (Wildman–Crippen LogP) is 3.94. The van der Waals surface area contributed by atoms with Crippen LogP contribution in [0.4, 0.5) is 11.9 Å². The SMILES string of the molecule is CCCS(=O)(=O)c1cccc(CN(CCc2ccc(Cl)cc2)C2CCN(c3n[nH]c(N)n3)CC2)c1. The number of nitrogens with one attached hydrogen (secondary N) is 1. The van der Waals surface area contributed by atoms with Crippen molar-refractivity contribution in [3.05, 3.63) is 64.7 Å². The van der Waals surface area contributed by atoms with Crippen LogP contribution in [0.1, 0.15) is 37.3 Å². The molecule has 0 spiro atoms. The highest BCUT2D eigenvalue weighted by molar-refractivity contribution is 7.91. The fourth-order valence-electron chi connectivity index (χ4n) is 4.61. The van der Waals surface area contributed by atoms with Gasteiger partial charge < -0.3 is 10.6 Å². The number of hydrogen-bond acceptors (Lipinski definition) is 7. The molecule has 35 heavy (non-hydrogen) atoms. The van der Waals surface area contributed by atoms with Crippen LogP contribution in [-0.4, -0.2) is 59.9 Å². The predicted molar refractivity (Wildman–Crippen MR) is 140 cm³/mol. The van der Waals surface area contributed by atoms with Crippen LogP contribution in [0.5, 0.6) is 0 Å². The van der Waals surface area contributed by atoms with Crippen LogP contribution in [0, 0.1) is 0 Å². The molecule has 188 valence electrons. The molecule has 1 aromatic heterocycles. The van der Waals surface area contributed by atoms with Gasteiger partial charge in [0.25, 0.3) is 0 Å². The number of H-pyrrole nitrogens is 1. The van der Waals surface area contributed by atoms with E-state index < -0.39 is 9.84 Å². The van der Waals surface area contributed by atoms with E-state index in [4.69, 9.17) is 17.3 Å². The van der Waals surface area contributed by atoms with Crippen molar-refractivity contribution in [2.45, 2.75) is 50.1 Å². The van der Waals surface area contributed by atoms with E-state index in [1.165, 1.54) is 5.56 Å². The lowest BCUT2D eigenvalue weighted by molar-refractivity contribution is 0.162. The summed E-state index contributed by atoms with van der Waals surface area (Å²) < 4.78 is 25.3. The fourth-order valence-corrected chi connectivity index (χ4v) is 6.13. The highest BCUT2D eigenvalue weighted by Gasteiger charge is 2.26. The molecule has 10 heteroatoms. The molecule has 0 amide bonds. The minimum Gasteiger partial charge on any atom is -0.368 e. The summed E-state index contributed by atoms with van der Waals surface area (Å²) >= 11 is 6.06. The van der Waals surface area contributed by atoms with E-state index in [-0.39, 0.29) is 5.75 Å². The average Bonchev–Trinajstić information content (AvgIpc) is 3.29. The van der Waals surface area contributed by atoms with Gasteiger partial charge in [0.15, 0.2) is 9.84 Å². The van der Waals surface area contributed by atoms with Gasteiger partial charge in [-0.05, 0) is 61.1 Å². The number of halogens is 1.